The number of sulfone groups is 1. The van der Waals surface area contributed by atoms with E-state index in [1.165, 1.54) is 6.26 Å². The van der Waals surface area contributed by atoms with Gasteiger partial charge >= 0.3 is 6.03 Å². The summed E-state index contributed by atoms with van der Waals surface area (Å²) in [5.41, 5.74) is 0.627. The lowest BCUT2D eigenvalue weighted by Crippen LogP contribution is -2.46. The number of nitrogens with one attached hydrogen (secondary N) is 2. The maximum absolute atomic E-state index is 11.9. The summed E-state index contributed by atoms with van der Waals surface area (Å²) in [6, 6.07) is 6.52. The van der Waals surface area contributed by atoms with Crippen LogP contribution in [0.4, 0.5) is 10.5 Å². The highest BCUT2D eigenvalue weighted by atomic mass is 32.2. The van der Waals surface area contributed by atoms with E-state index in [9.17, 15) is 13.2 Å². The zero-order valence-corrected chi connectivity index (χ0v) is 13.3. The Balaban J connectivity index is 2.62. The van der Waals surface area contributed by atoms with E-state index in [1.54, 1.807) is 38.1 Å². The van der Waals surface area contributed by atoms with Crippen molar-refractivity contribution in [3.63, 3.8) is 0 Å². The van der Waals surface area contributed by atoms with E-state index in [-0.39, 0.29) is 5.75 Å². The monoisotopic (exact) mass is 308 g/mol. The van der Waals surface area contributed by atoms with E-state index in [2.05, 4.69) is 16.6 Å². The van der Waals surface area contributed by atoms with Crippen molar-refractivity contribution in [2.24, 2.45) is 0 Å². The molecule has 0 aliphatic heterocycles. The van der Waals surface area contributed by atoms with Crippen LogP contribution in [-0.4, -0.2) is 32.0 Å². The quantitative estimate of drug-likeness (QED) is 0.817. The molecule has 0 bridgehead atoms. The zero-order valence-electron chi connectivity index (χ0n) is 12.4. The number of carbonyl (C=O) groups is 1. The Morgan fingerprint density at radius 3 is 2.62 bits per heavy atom. The van der Waals surface area contributed by atoms with Crippen molar-refractivity contribution >= 4 is 21.6 Å². The topological polar surface area (TPSA) is 75.3 Å². The molecule has 0 saturated heterocycles. The minimum atomic E-state index is -3.05. The second-order valence-corrected chi connectivity index (χ2v) is 7.83. The Bertz CT molecular complexity index is 658. The van der Waals surface area contributed by atoms with Crippen LogP contribution < -0.4 is 10.6 Å². The molecule has 0 heterocycles. The van der Waals surface area contributed by atoms with Gasteiger partial charge in [0.15, 0.2) is 0 Å². The average molecular weight is 308 g/mol. The maximum Gasteiger partial charge on any atom is 0.319 e. The largest absolute Gasteiger partial charge is 0.333 e. The first-order valence-electron chi connectivity index (χ1n) is 6.45. The molecule has 0 aliphatic rings. The van der Waals surface area contributed by atoms with Crippen molar-refractivity contribution in [2.75, 3.05) is 17.3 Å². The zero-order chi connectivity index (χ0) is 16.1. The molecule has 0 saturated carbocycles. The van der Waals surface area contributed by atoms with Crippen LogP contribution in [0.2, 0.25) is 0 Å². The molecule has 0 unspecified atom stereocenters. The third-order valence-electron chi connectivity index (χ3n) is 2.84. The van der Waals surface area contributed by atoms with Crippen molar-refractivity contribution in [3.05, 3.63) is 29.8 Å². The molecule has 0 fully saturated rings. The molecule has 1 rings (SSSR count). The Morgan fingerprint density at radius 1 is 1.38 bits per heavy atom. The van der Waals surface area contributed by atoms with Crippen LogP contribution >= 0.6 is 0 Å². The number of terminal acetylenes is 1. The lowest BCUT2D eigenvalue weighted by atomic mass is 10.0. The van der Waals surface area contributed by atoms with Crippen LogP contribution in [-0.2, 0) is 9.84 Å². The van der Waals surface area contributed by atoms with E-state index in [0.717, 1.165) is 0 Å². The van der Waals surface area contributed by atoms with Crippen molar-refractivity contribution in [1.82, 2.24) is 5.32 Å². The van der Waals surface area contributed by atoms with Crippen molar-refractivity contribution in [2.45, 2.75) is 25.8 Å². The summed E-state index contributed by atoms with van der Waals surface area (Å²) in [5, 5.41) is 5.42. The standard InChI is InChI=1S/C15H20N2O3S/c1-5-12-7-6-8-13(11-12)16-14(18)17-15(2,3)9-10-21(4,19)20/h1,6-8,11H,9-10H2,2-4H3,(H2,16,17,18). The second kappa shape index (κ2) is 6.64. The molecule has 114 valence electrons. The summed E-state index contributed by atoms with van der Waals surface area (Å²) in [7, 11) is -3.05. The van der Waals surface area contributed by atoms with E-state index >= 15 is 0 Å². The van der Waals surface area contributed by atoms with Gasteiger partial charge in [0.05, 0.1) is 5.75 Å². The Hall–Kier alpha value is -2.00. The molecule has 0 radical (unpaired) electrons. The molecular formula is C15H20N2O3S. The van der Waals surface area contributed by atoms with Gasteiger partial charge in [-0.2, -0.15) is 0 Å². The molecule has 1 aromatic rings. The summed E-state index contributed by atoms with van der Waals surface area (Å²) >= 11 is 0. The Labute approximate surface area is 126 Å². The van der Waals surface area contributed by atoms with Gasteiger partial charge in [-0.05, 0) is 38.5 Å². The summed E-state index contributed by atoms with van der Waals surface area (Å²) in [4.78, 5) is 11.9. The number of carbonyl (C=O) groups excluding carboxylic acids is 1. The molecule has 0 spiro atoms. The lowest BCUT2D eigenvalue weighted by molar-refractivity contribution is 0.240. The average Bonchev–Trinajstić information content (AvgIpc) is 2.35. The van der Waals surface area contributed by atoms with Crippen LogP contribution in [0.3, 0.4) is 0 Å². The van der Waals surface area contributed by atoms with Crippen LogP contribution in [0.1, 0.15) is 25.8 Å². The number of hydrogen-bond acceptors (Lipinski definition) is 3. The molecule has 0 aromatic heterocycles. The van der Waals surface area contributed by atoms with Gasteiger partial charge < -0.3 is 10.6 Å². The van der Waals surface area contributed by atoms with Crippen LogP contribution in [0, 0.1) is 12.3 Å². The first kappa shape index (κ1) is 17.1. The molecule has 0 aliphatic carbocycles. The fourth-order valence-electron chi connectivity index (χ4n) is 1.66. The number of hydrogen-bond donors (Lipinski definition) is 2. The molecule has 6 heteroatoms. The molecule has 5 nitrogen and oxygen atoms in total. The molecule has 2 amide bonds. The fraction of sp³-hybridized carbons (Fsp3) is 0.400. The van der Waals surface area contributed by atoms with Gasteiger partial charge in [-0.15, -0.1) is 6.42 Å². The summed E-state index contributed by atoms with van der Waals surface area (Å²) in [6.45, 7) is 3.55. The van der Waals surface area contributed by atoms with Crippen molar-refractivity contribution in [3.8, 4) is 12.3 Å². The van der Waals surface area contributed by atoms with Crippen molar-refractivity contribution < 1.29 is 13.2 Å². The normalized spacial score (nSPS) is 11.5. The molecule has 0 atom stereocenters. The Morgan fingerprint density at radius 2 is 2.05 bits per heavy atom. The first-order chi connectivity index (χ1) is 9.61. The molecule has 1 aromatic carbocycles. The van der Waals surface area contributed by atoms with Gasteiger partial charge in [0.2, 0.25) is 0 Å². The third kappa shape index (κ3) is 6.82. The number of anilines is 1. The van der Waals surface area contributed by atoms with Gasteiger partial charge in [0.1, 0.15) is 9.84 Å². The third-order valence-corrected chi connectivity index (χ3v) is 3.78. The summed E-state index contributed by atoms with van der Waals surface area (Å²) < 4.78 is 22.4. The number of benzene rings is 1. The highest BCUT2D eigenvalue weighted by molar-refractivity contribution is 7.90. The second-order valence-electron chi connectivity index (χ2n) is 5.57. The summed E-state index contributed by atoms with van der Waals surface area (Å²) in [6.07, 6.45) is 6.81. The number of urea groups is 1. The molecule has 21 heavy (non-hydrogen) atoms. The van der Waals surface area contributed by atoms with Gasteiger partial charge in [-0.3, -0.25) is 0 Å². The maximum atomic E-state index is 11.9. The van der Waals surface area contributed by atoms with Gasteiger partial charge in [-0.1, -0.05) is 12.0 Å². The van der Waals surface area contributed by atoms with Crippen LogP contribution in [0.15, 0.2) is 24.3 Å². The first-order valence-corrected chi connectivity index (χ1v) is 8.51. The van der Waals surface area contributed by atoms with E-state index in [0.29, 0.717) is 17.7 Å². The predicted molar refractivity (Wildman–Crippen MR) is 84.9 cm³/mol. The van der Waals surface area contributed by atoms with Crippen molar-refractivity contribution in [1.29, 1.82) is 0 Å². The molecular weight excluding hydrogens is 288 g/mol. The van der Waals surface area contributed by atoms with Gasteiger partial charge in [-0.25, -0.2) is 13.2 Å². The van der Waals surface area contributed by atoms with Crippen LogP contribution in [0.5, 0.6) is 0 Å². The fourth-order valence-corrected chi connectivity index (χ4v) is 2.54. The highest BCUT2D eigenvalue weighted by Crippen LogP contribution is 2.12. The minimum Gasteiger partial charge on any atom is -0.333 e. The summed E-state index contributed by atoms with van der Waals surface area (Å²) in [5.74, 6) is 2.51. The van der Waals surface area contributed by atoms with E-state index in [4.69, 9.17) is 6.42 Å². The number of rotatable bonds is 5. The van der Waals surface area contributed by atoms with Gasteiger partial charge in [0, 0.05) is 23.0 Å². The highest BCUT2D eigenvalue weighted by Gasteiger charge is 2.22. The molecule has 2 N–H and O–H groups in total. The van der Waals surface area contributed by atoms with E-state index < -0.39 is 21.4 Å². The smallest absolute Gasteiger partial charge is 0.319 e. The van der Waals surface area contributed by atoms with E-state index in [1.807, 2.05) is 0 Å². The number of amides is 2. The SMILES string of the molecule is C#Cc1cccc(NC(=O)NC(C)(C)CCS(C)(=O)=O)c1. The van der Waals surface area contributed by atoms with Gasteiger partial charge in [0.25, 0.3) is 0 Å². The van der Waals surface area contributed by atoms with Crippen LogP contribution in [0.25, 0.3) is 0 Å². The Kier molecular flexibility index (Phi) is 5.39. The lowest BCUT2D eigenvalue weighted by Gasteiger charge is -2.26. The minimum absolute atomic E-state index is 0.0207. The predicted octanol–water partition coefficient (Wildman–Crippen LogP) is 2.00.